The molecule has 0 radical (unpaired) electrons. The number of nitrogens with one attached hydrogen (secondary N) is 1. The SMILES string of the molecule is CCNCC1CCN(C(=O)COCC(F)(F)F)CC1. The number of rotatable bonds is 6. The number of ether oxygens (including phenoxy) is 1. The van der Waals surface area contributed by atoms with Crippen molar-refractivity contribution in [3.63, 3.8) is 0 Å². The molecule has 1 saturated heterocycles. The molecular weight excluding hydrogens is 261 g/mol. The summed E-state index contributed by atoms with van der Waals surface area (Å²) in [6.45, 7) is 3.24. The Morgan fingerprint density at radius 2 is 2.00 bits per heavy atom. The molecule has 0 unspecified atom stereocenters. The largest absolute Gasteiger partial charge is 0.411 e. The number of carbonyl (C=O) groups excluding carboxylic acids is 1. The molecule has 1 aliphatic rings. The predicted molar refractivity (Wildman–Crippen MR) is 64.7 cm³/mol. The van der Waals surface area contributed by atoms with Gasteiger partial charge in [0.25, 0.3) is 0 Å². The van der Waals surface area contributed by atoms with Crippen molar-refractivity contribution >= 4 is 5.91 Å². The Balaban J connectivity index is 2.18. The van der Waals surface area contributed by atoms with Gasteiger partial charge in [-0.2, -0.15) is 13.2 Å². The average molecular weight is 282 g/mol. The maximum absolute atomic E-state index is 11.9. The van der Waals surface area contributed by atoms with E-state index in [0.717, 1.165) is 25.9 Å². The summed E-state index contributed by atoms with van der Waals surface area (Å²) >= 11 is 0. The van der Waals surface area contributed by atoms with Gasteiger partial charge in [-0.15, -0.1) is 0 Å². The highest BCUT2D eigenvalue weighted by Gasteiger charge is 2.29. The highest BCUT2D eigenvalue weighted by atomic mass is 19.4. The summed E-state index contributed by atoms with van der Waals surface area (Å²) in [6.07, 6.45) is -2.60. The molecule has 1 N–H and O–H groups in total. The van der Waals surface area contributed by atoms with Crippen molar-refractivity contribution < 1.29 is 22.7 Å². The summed E-state index contributed by atoms with van der Waals surface area (Å²) in [5.41, 5.74) is 0. The minimum absolute atomic E-state index is 0.355. The van der Waals surface area contributed by atoms with Gasteiger partial charge in [0, 0.05) is 13.1 Å². The van der Waals surface area contributed by atoms with Crippen LogP contribution in [0.15, 0.2) is 0 Å². The van der Waals surface area contributed by atoms with E-state index in [-0.39, 0.29) is 5.91 Å². The molecule has 1 amide bonds. The number of hydrogen-bond acceptors (Lipinski definition) is 3. The second-order valence-electron chi connectivity index (χ2n) is 4.74. The third-order valence-corrected chi connectivity index (χ3v) is 3.14. The molecular formula is C12H21F3N2O2. The van der Waals surface area contributed by atoms with E-state index in [1.807, 2.05) is 6.92 Å². The second kappa shape index (κ2) is 7.69. The van der Waals surface area contributed by atoms with E-state index < -0.39 is 19.4 Å². The molecule has 7 heteroatoms. The van der Waals surface area contributed by atoms with Crippen molar-refractivity contribution in [3.8, 4) is 0 Å². The first-order chi connectivity index (χ1) is 8.92. The molecule has 1 fully saturated rings. The Kier molecular flexibility index (Phi) is 6.57. The van der Waals surface area contributed by atoms with Crippen LogP contribution in [-0.4, -0.2) is 56.4 Å². The van der Waals surface area contributed by atoms with Crippen molar-refractivity contribution in [1.29, 1.82) is 0 Å². The molecule has 0 aliphatic carbocycles. The van der Waals surface area contributed by atoms with Crippen molar-refractivity contribution in [2.75, 3.05) is 39.4 Å². The molecule has 0 spiro atoms. The number of hydrogen-bond donors (Lipinski definition) is 1. The van der Waals surface area contributed by atoms with E-state index in [0.29, 0.717) is 19.0 Å². The van der Waals surface area contributed by atoms with E-state index in [9.17, 15) is 18.0 Å². The van der Waals surface area contributed by atoms with Gasteiger partial charge in [0.15, 0.2) is 0 Å². The standard InChI is InChI=1S/C12H21F3N2O2/c1-2-16-7-10-3-5-17(6-4-10)11(18)8-19-9-12(13,14)15/h10,16H,2-9H2,1H3. The summed E-state index contributed by atoms with van der Waals surface area (Å²) in [5.74, 6) is 0.186. The van der Waals surface area contributed by atoms with E-state index in [2.05, 4.69) is 10.1 Å². The van der Waals surface area contributed by atoms with Gasteiger partial charge in [0.05, 0.1) is 0 Å². The van der Waals surface area contributed by atoms with Crippen LogP contribution in [0.25, 0.3) is 0 Å². The molecule has 19 heavy (non-hydrogen) atoms. The number of amides is 1. The van der Waals surface area contributed by atoms with Crippen LogP contribution < -0.4 is 5.32 Å². The van der Waals surface area contributed by atoms with Crippen LogP contribution in [0, 0.1) is 5.92 Å². The fourth-order valence-corrected chi connectivity index (χ4v) is 2.08. The van der Waals surface area contributed by atoms with Gasteiger partial charge < -0.3 is 15.0 Å². The fourth-order valence-electron chi connectivity index (χ4n) is 2.08. The summed E-state index contributed by atoms with van der Waals surface area (Å²) < 4.78 is 40.0. The third kappa shape index (κ3) is 6.77. The summed E-state index contributed by atoms with van der Waals surface area (Å²) in [4.78, 5) is 13.2. The lowest BCUT2D eigenvalue weighted by Gasteiger charge is -2.32. The number of nitrogens with zero attached hydrogens (tertiary/aromatic N) is 1. The molecule has 112 valence electrons. The normalized spacial score (nSPS) is 17.8. The number of piperidine rings is 1. The Bertz CT molecular complexity index is 277. The lowest BCUT2D eigenvalue weighted by atomic mass is 9.97. The molecule has 0 saturated carbocycles. The smallest absolute Gasteiger partial charge is 0.362 e. The van der Waals surface area contributed by atoms with Crippen molar-refractivity contribution in [3.05, 3.63) is 0 Å². The summed E-state index contributed by atoms with van der Waals surface area (Å²) in [7, 11) is 0. The first-order valence-corrected chi connectivity index (χ1v) is 6.55. The fraction of sp³-hybridized carbons (Fsp3) is 0.917. The minimum atomic E-state index is -4.38. The second-order valence-corrected chi connectivity index (χ2v) is 4.74. The van der Waals surface area contributed by atoms with Gasteiger partial charge in [-0.1, -0.05) is 6.92 Å². The maximum Gasteiger partial charge on any atom is 0.411 e. The molecule has 0 bridgehead atoms. The lowest BCUT2D eigenvalue weighted by Crippen LogP contribution is -2.42. The Morgan fingerprint density at radius 3 is 2.53 bits per heavy atom. The molecule has 0 atom stereocenters. The predicted octanol–water partition coefficient (Wildman–Crippen LogP) is 1.41. The monoisotopic (exact) mass is 282 g/mol. The summed E-state index contributed by atoms with van der Waals surface area (Å²) in [6, 6.07) is 0. The summed E-state index contributed by atoms with van der Waals surface area (Å²) in [5, 5.41) is 3.26. The van der Waals surface area contributed by atoms with Gasteiger partial charge in [-0.3, -0.25) is 4.79 Å². The van der Waals surface area contributed by atoms with Crippen LogP contribution in [0.5, 0.6) is 0 Å². The van der Waals surface area contributed by atoms with Gasteiger partial charge in [-0.25, -0.2) is 0 Å². The highest BCUT2D eigenvalue weighted by Crippen LogP contribution is 2.17. The van der Waals surface area contributed by atoms with Crippen molar-refractivity contribution in [1.82, 2.24) is 10.2 Å². The topological polar surface area (TPSA) is 41.6 Å². The van der Waals surface area contributed by atoms with Crippen LogP contribution in [0.4, 0.5) is 13.2 Å². The van der Waals surface area contributed by atoms with E-state index in [1.165, 1.54) is 0 Å². The number of carbonyl (C=O) groups is 1. The van der Waals surface area contributed by atoms with Crippen LogP contribution >= 0.6 is 0 Å². The van der Waals surface area contributed by atoms with Gasteiger partial charge >= 0.3 is 6.18 Å². The Hall–Kier alpha value is -0.820. The van der Waals surface area contributed by atoms with Gasteiger partial charge in [0.2, 0.25) is 5.91 Å². The molecule has 1 heterocycles. The van der Waals surface area contributed by atoms with Crippen LogP contribution in [0.2, 0.25) is 0 Å². The zero-order valence-corrected chi connectivity index (χ0v) is 11.1. The molecule has 0 aromatic rings. The molecule has 4 nitrogen and oxygen atoms in total. The van der Waals surface area contributed by atoms with Gasteiger partial charge in [-0.05, 0) is 31.8 Å². The Labute approximate surface area is 111 Å². The van der Waals surface area contributed by atoms with Crippen LogP contribution in [-0.2, 0) is 9.53 Å². The van der Waals surface area contributed by atoms with E-state index in [1.54, 1.807) is 4.90 Å². The number of likely N-dealkylation sites (tertiary alicyclic amines) is 1. The zero-order chi connectivity index (χ0) is 14.3. The van der Waals surface area contributed by atoms with Crippen LogP contribution in [0.1, 0.15) is 19.8 Å². The molecule has 1 aliphatic heterocycles. The van der Waals surface area contributed by atoms with Crippen LogP contribution in [0.3, 0.4) is 0 Å². The van der Waals surface area contributed by atoms with Crippen molar-refractivity contribution in [2.24, 2.45) is 5.92 Å². The van der Waals surface area contributed by atoms with Gasteiger partial charge in [0.1, 0.15) is 13.2 Å². The highest BCUT2D eigenvalue weighted by molar-refractivity contribution is 5.77. The number of halogens is 3. The minimum Gasteiger partial charge on any atom is -0.362 e. The Morgan fingerprint density at radius 1 is 1.37 bits per heavy atom. The first kappa shape index (κ1) is 16.2. The maximum atomic E-state index is 11.9. The quantitative estimate of drug-likeness (QED) is 0.801. The molecule has 1 rings (SSSR count). The average Bonchev–Trinajstić information content (AvgIpc) is 2.35. The van der Waals surface area contributed by atoms with E-state index in [4.69, 9.17) is 0 Å². The molecule has 0 aromatic heterocycles. The molecule has 0 aromatic carbocycles. The first-order valence-electron chi connectivity index (χ1n) is 6.55. The zero-order valence-electron chi connectivity index (χ0n) is 11.1. The lowest BCUT2D eigenvalue weighted by molar-refractivity contribution is -0.178. The third-order valence-electron chi connectivity index (χ3n) is 3.14. The number of alkyl halides is 3. The van der Waals surface area contributed by atoms with Crippen molar-refractivity contribution in [2.45, 2.75) is 25.9 Å². The van der Waals surface area contributed by atoms with E-state index >= 15 is 0 Å².